The van der Waals surface area contributed by atoms with E-state index in [4.69, 9.17) is 4.52 Å². The summed E-state index contributed by atoms with van der Waals surface area (Å²) in [6, 6.07) is 16.2. The number of nitrogens with zero attached hydrogens (tertiary/aromatic N) is 2. The van der Waals surface area contributed by atoms with Crippen molar-refractivity contribution in [1.29, 1.82) is 0 Å². The van der Waals surface area contributed by atoms with E-state index in [-0.39, 0.29) is 0 Å². The number of carbonyl (C=O) groups is 2. The maximum atomic E-state index is 12.5. The quantitative estimate of drug-likeness (QED) is 0.477. The molecular formula is C20H15BrN4O3. The molecule has 0 aliphatic rings. The number of benzene rings is 2. The summed E-state index contributed by atoms with van der Waals surface area (Å²) >= 11 is 3.31. The van der Waals surface area contributed by atoms with Crippen molar-refractivity contribution in [3.63, 3.8) is 0 Å². The van der Waals surface area contributed by atoms with E-state index < -0.39 is 11.8 Å². The van der Waals surface area contributed by atoms with Gasteiger partial charge in [0.15, 0.2) is 5.76 Å². The van der Waals surface area contributed by atoms with Crippen molar-refractivity contribution in [1.82, 2.24) is 20.6 Å². The van der Waals surface area contributed by atoms with Crippen LogP contribution in [0.2, 0.25) is 0 Å². The van der Waals surface area contributed by atoms with Gasteiger partial charge in [-0.15, -0.1) is 0 Å². The zero-order valence-electron chi connectivity index (χ0n) is 14.8. The monoisotopic (exact) mass is 438 g/mol. The van der Waals surface area contributed by atoms with E-state index >= 15 is 0 Å². The van der Waals surface area contributed by atoms with Crippen molar-refractivity contribution >= 4 is 38.6 Å². The Morgan fingerprint density at radius 2 is 1.79 bits per heavy atom. The van der Waals surface area contributed by atoms with Gasteiger partial charge in [0, 0.05) is 28.8 Å². The van der Waals surface area contributed by atoms with Gasteiger partial charge in [-0.1, -0.05) is 35.5 Å². The van der Waals surface area contributed by atoms with Crippen LogP contribution in [0.25, 0.3) is 22.2 Å². The molecule has 7 nitrogen and oxygen atoms in total. The highest BCUT2D eigenvalue weighted by Gasteiger charge is 2.16. The molecule has 2 N–H and O–H groups in total. The summed E-state index contributed by atoms with van der Waals surface area (Å²) in [5, 5.41) is 4.76. The van der Waals surface area contributed by atoms with Gasteiger partial charge in [0.2, 0.25) is 0 Å². The molecule has 0 bridgehead atoms. The fourth-order valence-electron chi connectivity index (χ4n) is 2.88. The first-order valence-electron chi connectivity index (χ1n) is 8.40. The zero-order valence-corrected chi connectivity index (χ0v) is 16.4. The normalized spacial score (nSPS) is 10.8. The average Bonchev–Trinajstić information content (AvgIpc) is 3.28. The molecule has 4 aromatic rings. The van der Waals surface area contributed by atoms with Crippen LogP contribution >= 0.6 is 15.9 Å². The van der Waals surface area contributed by atoms with Gasteiger partial charge in [-0.3, -0.25) is 20.4 Å². The van der Waals surface area contributed by atoms with Gasteiger partial charge in [0.05, 0.1) is 5.39 Å². The van der Waals surface area contributed by atoms with Crippen LogP contribution in [0.15, 0.2) is 69.8 Å². The van der Waals surface area contributed by atoms with Crippen LogP contribution in [-0.2, 0) is 7.05 Å². The third-order valence-corrected chi connectivity index (χ3v) is 4.70. The number of carbonyl (C=O) groups excluding carboxylic acids is 2. The number of nitrogens with one attached hydrogen (secondary N) is 2. The minimum absolute atomic E-state index is 0.376. The first-order valence-corrected chi connectivity index (χ1v) is 9.19. The van der Waals surface area contributed by atoms with E-state index in [1.54, 1.807) is 42.1 Å². The molecule has 140 valence electrons. The second kappa shape index (κ2) is 7.32. The van der Waals surface area contributed by atoms with Crippen LogP contribution in [0.4, 0.5) is 0 Å². The highest BCUT2D eigenvalue weighted by molar-refractivity contribution is 9.10. The number of amides is 2. The molecule has 0 radical (unpaired) electrons. The van der Waals surface area contributed by atoms with Crippen molar-refractivity contribution in [2.24, 2.45) is 7.05 Å². The summed E-state index contributed by atoms with van der Waals surface area (Å²) < 4.78 is 7.88. The Kier molecular flexibility index (Phi) is 4.70. The highest BCUT2D eigenvalue weighted by atomic mass is 79.9. The average molecular weight is 439 g/mol. The summed E-state index contributed by atoms with van der Waals surface area (Å²) in [6.45, 7) is 0. The lowest BCUT2D eigenvalue weighted by Crippen LogP contribution is -2.42. The van der Waals surface area contributed by atoms with Crippen LogP contribution in [0.5, 0.6) is 0 Å². The second-order valence-electron chi connectivity index (χ2n) is 6.17. The van der Waals surface area contributed by atoms with E-state index in [1.807, 2.05) is 30.3 Å². The molecule has 0 unspecified atom stereocenters. The van der Waals surface area contributed by atoms with Gasteiger partial charge < -0.3 is 9.09 Å². The lowest BCUT2D eigenvalue weighted by molar-refractivity contribution is 0.0842. The molecule has 2 amide bonds. The Balaban J connectivity index is 1.54. The molecule has 0 saturated carbocycles. The summed E-state index contributed by atoms with van der Waals surface area (Å²) in [4.78, 5) is 24.7. The molecule has 2 aromatic carbocycles. The Hall–Kier alpha value is -3.39. The third-order valence-electron chi connectivity index (χ3n) is 4.27. The van der Waals surface area contributed by atoms with Gasteiger partial charge >= 0.3 is 0 Å². The predicted molar refractivity (Wildman–Crippen MR) is 107 cm³/mol. The molecule has 2 heterocycles. The van der Waals surface area contributed by atoms with Crippen LogP contribution in [0.3, 0.4) is 0 Å². The van der Waals surface area contributed by atoms with Crippen LogP contribution in [0.1, 0.15) is 20.8 Å². The number of halogens is 1. The van der Waals surface area contributed by atoms with Crippen molar-refractivity contribution in [2.45, 2.75) is 0 Å². The second-order valence-corrected chi connectivity index (χ2v) is 7.09. The number of hydrogen-bond acceptors (Lipinski definition) is 4. The molecule has 4 rings (SSSR count). The Labute approximate surface area is 168 Å². The van der Waals surface area contributed by atoms with E-state index in [0.29, 0.717) is 22.5 Å². The number of rotatable bonds is 3. The van der Waals surface area contributed by atoms with Crippen molar-refractivity contribution in [3.8, 4) is 11.3 Å². The fourth-order valence-corrected chi connectivity index (χ4v) is 3.40. The Morgan fingerprint density at radius 1 is 1.04 bits per heavy atom. The molecule has 0 aliphatic carbocycles. The van der Waals surface area contributed by atoms with Crippen molar-refractivity contribution in [3.05, 3.63) is 76.5 Å². The first-order chi connectivity index (χ1) is 13.5. The molecule has 8 heteroatoms. The summed E-state index contributed by atoms with van der Waals surface area (Å²) in [5.74, 6) is -0.274. The molecule has 0 saturated heterocycles. The molecule has 0 aliphatic heterocycles. The summed E-state index contributed by atoms with van der Waals surface area (Å²) in [6.07, 6.45) is 1.75. The minimum atomic E-state index is -0.441. The van der Waals surface area contributed by atoms with Gasteiger partial charge in [0.1, 0.15) is 11.2 Å². The molecule has 0 atom stereocenters. The summed E-state index contributed by atoms with van der Waals surface area (Å²) in [7, 11) is 1.74. The zero-order chi connectivity index (χ0) is 19.7. The predicted octanol–water partition coefficient (Wildman–Crippen LogP) is 3.67. The fraction of sp³-hybridized carbons (Fsp3) is 0.0500. The number of hydrogen-bond donors (Lipinski definition) is 2. The van der Waals surface area contributed by atoms with Crippen LogP contribution in [-0.4, -0.2) is 21.5 Å². The van der Waals surface area contributed by atoms with Gasteiger partial charge in [-0.2, -0.15) is 0 Å². The maximum Gasteiger partial charge on any atom is 0.286 e. The molecular weight excluding hydrogens is 424 g/mol. The number of aryl methyl sites for hydroxylation is 1. The molecule has 0 spiro atoms. The van der Waals surface area contributed by atoms with Crippen molar-refractivity contribution in [2.75, 3.05) is 0 Å². The maximum absolute atomic E-state index is 12.5. The largest absolute Gasteiger partial charge is 0.355 e. The Morgan fingerprint density at radius 3 is 2.50 bits per heavy atom. The first kappa shape index (κ1) is 18.0. The standard InChI is InChI=1S/C20H15BrN4O3/c1-25-11-14(21)10-17(25)20(27)23-22-19(26)13-7-8-16-15(9-13)18(28-24-16)12-5-3-2-4-6-12/h2-11H,1H3,(H,22,26)(H,23,27). The Bertz CT molecular complexity index is 1180. The SMILES string of the molecule is Cn1cc(Br)cc1C(=O)NNC(=O)c1ccc2noc(-c3ccccc3)c2c1. The van der Waals surface area contributed by atoms with E-state index in [2.05, 4.69) is 31.9 Å². The van der Waals surface area contributed by atoms with Crippen molar-refractivity contribution < 1.29 is 14.1 Å². The smallest absolute Gasteiger partial charge is 0.286 e. The summed E-state index contributed by atoms with van der Waals surface area (Å²) in [5.41, 5.74) is 7.15. The van der Waals surface area contributed by atoms with Gasteiger partial charge in [-0.25, -0.2) is 0 Å². The molecule has 28 heavy (non-hydrogen) atoms. The highest BCUT2D eigenvalue weighted by Crippen LogP contribution is 2.29. The third kappa shape index (κ3) is 3.41. The molecule has 0 fully saturated rings. The lowest BCUT2D eigenvalue weighted by atomic mass is 10.1. The lowest BCUT2D eigenvalue weighted by Gasteiger charge is -2.08. The van der Waals surface area contributed by atoms with Crippen LogP contribution < -0.4 is 10.9 Å². The number of fused-ring (bicyclic) bond motifs is 1. The van der Waals surface area contributed by atoms with Gasteiger partial charge in [0.25, 0.3) is 11.8 Å². The van der Waals surface area contributed by atoms with E-state index in [0.717, 1.165) is 15.4 Å². The topological polar surface area (TPSA) is 89.2 Å². The minimum Gasteiger partial charge on any atom is -0.355 e. The number of hydrazine groups is 1. The van der Waals surface area contributed by atoms with Crippen LogP contribution in [0, 0.1) is 0 Å². The van der Waals surface area contributed by atoms with E-state index in [9.17, 15) is 9.59 Å². The number of aromatic nitrogens is 2. The van der Waals surface area contributed by atoms with Gasteiger partial charge in [-0.05, 0) is 40.2 Å². The van der Waals surface area contributed by atoms with E-state index in [1.165, 1.54) is 0 Å². The molecule has 2 aromatic heterocycles.